The Morgan fingerprint density at radius 3 is 2.70 bits per heavy atom. The average molecular weight is 412 g/mol. The lowest BCUT2D eigenvalue weighted by Gasteiger charge is -2.07. The molecule has 1 heterocycles. The molecule has 1 amide bonds. The molecular weight excluding hydrogens is 403 g/mol. The second-order valence-electron chi connectivity index (χ2n) is 4.25. The van der Waals surface area contributed by atoms with Gasteiger partial charge in [0.05, 0.1) is 10.7 Å². The molecule has 2 N–H and O–H groups in total. The fourth-order valence-electron chi connectivity index (χ4n) is 1.54. The van der Waals surface area contributed by atoms with Crippen LogP contribution >= 0.6 is 39.1 Å². The summed E-state index contributed by atoms with van der Waals surface area (Å²) in [6, 6.07) is 9.93. The van der Waals surface area contributed by atoms with E-state index in [0.717, 1.165) is 4.47 Å². The van der Waals surface area contributed by atoms with Gasteiger partial charge in [-0.3, -0.25) is 4.79 Å². The number of anilines is 2. The highest BCUT2D eigenvalue weighted by Crippen LogP contribution is 2.25. The number of carbonyl (C=O) groups is 1. The van der Waals surface area contributed by atoms with Crippen molar-refractivity contribution < 1.29 is 4.79 Å². The normalized spacial score (nSPS) is 10.8. The Labute approximate surface area is 151 Å². The lowest BCUT2D eigenvalue weighted by atomic mass is 10.2. The van der Waals surface area contributed by atoms with Crippen molar-refractivity contribution >= 4 is 56.5 Å². The van der Waals surface area contributed by atoms with Gasteiger partial charge in [-0.05, 0) is 46.3 Å². The van der Waals surface area contributed by atoms with E-state index in [1.54, 1.807) is 30.5 Å². The smallest absolute Gasteiger partial charge is 0.267 e. The highest BCUT2D eigenvalue weighted by Gasteiger charge is 2.11. The van der Waals surface area contributed by atoms with Crippen molar-refractivity contribution in [3.8, 4) is 6.07 Å². The molecule has 0 aliphatic heterocycles. The summed E-state index contributed by atoms with van der Waals surface area (Å²) < 4.78 is 0.822. The maximum Gasteiger partial charge on any atom is 0.267 e. The third kappa shape index (κ3) is 4.96. The second-order valence-corrected chi connectivity index (χ2v) is 6.01. The summed E-state index contributed by atoms with van der Waals surface area (Å²) in [6.45, 7) is 0. The van der Waals surface area contributed by atoms with E-state index in [9.17, 15) is 4.79 Å². The summed E-state index contributed by atoms with van der Waals surface area (Å²) in [5.41, 5.74) is 0.240. The van der Waals surface area contributed by atoms with Crippen LogP contribution in [0.5, 0.6) is 0 Å². The van der Waals surface area contributed by atoms with Crippen molar-refractivity contribution in [2.24, 2.45) is 0 Å². The molecule has 0 atom stereocenters. The molecule has 8 heteroatoms. The SMILES string of the molecule is N#C/C(=C/Nc1ccc(Br)cn1)C(=O)Nc1ccc(Cl)cc1Cl. The quantitative estimate of drug-likeness (QED) is 0.568. The second kappa shape index (κ2) is 7.97. The van der Waals surface area contributed by atoms with Gasteiger partial charge in [0.15, 0.2) is 0 Å². The summed E-state index contributed by atoms with van der Waals surface area (Å²) in [4.78, 5) is 16.2. The van der Waals surface area contributed by atoms with Crippen LogP contribution in [0.2, 0.25) is 10.0 Å². The standard InChI is InChI=1S/C15H9BrCl2N4O/c16-10-1-4-14(21-8-10)20-7-9(6-19)15(23)22-13-3-2-11(17)5-12(13)18/h1-5,7-8H,(H,20,21)(H,22,23)/b9-7-. The molecule has 116 valence electrons. The Kier molecular flexibility index (Phi) is 5.99. The molecule has 0 saturated heterocycles. The zero-order valence-electron chi connectivity index (χ0n) is 11.5. The monoisotopic (exact) mass is 410 g/mol. The number of benzene rings is 1. The predicted molar refractivity (Wildman–Crippen MR) is 94.3 cm³/mol. The van der Waals surface area contributed by atoms with Crippen LogP contribution in [0.3, 0.4) is 0 Å². The van der Waals surface area contributed by atoms with Crippen LogP contribution < -0.4 is 10.6 Å². The largest absolute Gasteiger partial charge is 0.345 e. The summed E-state index contributed by atoms with van der Waals surface area (Å²) >= 11 is 15.0. The van der Waals surface area contributed by atoms with Crippen molar-refractivity contribution in [2.45, 2.75) is 0 Å². The summed E-state index contributed by atoms with van der Waals surface area (Å²) in [5, 5.41) is 15.2. The van der Waals surface area contributed by atoms with Crippen LogP contribution in [0, 0.1) is 11.3 Å². The molecule has 0 aliphatic rings. The number of nitrogens with one attached hydrogen (secondary N) is 2. The first-order chi connectivity index (χ1) is 11.0. The topological polar surface area (TPSA) is 77.8 Å². The van der Waals surface area contributed by atoms with E-state index in [1.165, 1.54) is 12.3 Å². The fourth-order valence-corrected chi connectivity index (χ4v) is 2.23. The van der Waals surface area contributed by atoms with Crippen LogP contribution in [0.25, 0.3) is 0 Å². The zero-order valence-corrected chi connectivity index (χ0v) is 14.6. The summed E-state index contributed by atoms with van der Waals surface area (Å²) in [6.07, 6.45) is 2.87. The predicted octanol–water partition coefficient (Wildman–Crippen LogP) is 4.61. The van der Waals surface area contributed by atoms with E-state index >= 15 is 0 Å². The molecule has 2 aromatic rings. The highest BCUT2D eigenvalue weighted by atomic mass is 79.9. The van der Waals surface area contributed by atoms with E-state index < -0.39 is 5.91 Å². The lowest BCUT2D eigenvalue weighted by molar-refractivity contribution is -0.112. The van der Waals surface area contributed by atoms with Crippen molar-refractivity contribution in [3.05, 3.63) is 62.8 Å². The van der Waals surface area contributed by atoms with E-state index in [4.69, 9.17) is 28.5 Å². The van der Waals surface area contributed by atoms with E-state index in [-0.39, 0.29) is 10.6 Å². The minimum Gasteiger partial charge on any atom is -0.345 e. The van der Waals surface area contributed by atoms with Crippen LogP contribution in [0.1, 0.15) is 0 Å². The third-order valence-corrected chi connectivity index (χ3v) is 3.65. The van der Waals surface area contributed by atoms with Gasteiger partial charge >= 0.3 is 0 Å². The van der Waals surface area contributed by atoms with E-state index in [0.29, 0.717) is 16.5 Å². The number of nitriles is 1. The van der Waals surface area contributed by atoms with E-state index in [2.05, 4.69) is 31.5 Å². The molecule has 1 aromatic heterocycles. The highest BCUT2D eigenvalue weighted by molar-refractivity contribution is 9.10. The van der Waals surface area contributed by atoms with E-state index in [1.807, 2.05) is 6.07 Å². The number of pyridine rings is 1. The minimum absolute atomic E-state index is 0.124. The lowest BCUT2D eigenvalue weighted by Crippen LogP contribution is -2.15. The number of amides is 1. The maximum absolute atomic E-state index is 12.1. The summed E-state index contributed by atoms with van der Waals surface area (Å²) in [7, 11) is 0. The molecular formula is C15H9BrCl2N4O. The minimum atomic E-state index is -0.596. The number of hydrogen-bond donors (Lipinski definition) is 2. The van der Waals surface area contributed by atoms with Crippen molar-refractivity contribution in [2.75, 3.05) is 10.6 Å². The number of hydrogen-bond acceptors (Lipinski definition) is 4. The summed E-state index contributed by atoms with van der Waals surface area (Å²) in [5.74, 6) is -0.0976. The molecule has 0 unspecified atom stereocenters. The first-order valence-corrected chi connectivity index (χ1v) is 7.79. The molecule has 0 aliphatic carbocycles. The van der Waals surface area contributed by atoms with Gasteiger partial charge in [0.1, 0.15) is 17.5 Å². The van der Waals surface area contributed by atoms with Crippen molar-refractivity contribution in [3.63, 3.8) is 0 Å². The first-order valence-electron chi connectivity index (χ1n) is 6.24. The molecule has 0 radical (unpaired) electrons. The van der Waals surface area contributed by atoms with Crippen LogP contribution in [0.4, 0.5) is 11.5 Å². The molecule has 0 spiro atoms. The first kappa shape index (κ1) is 17.3. The Hall–Kier alpha value is -2.07. The van der Waals surface area contributed by atoms with Gasteiger partial charge in [0, 0.05) is 21.9 Å². The van der Waals surface area contributed by atoms with Gasteiger partial charge in [-0.1, -0.05) is 23.2 Å². The van der Waals surface area contributed by atoms with Crippen molar-refractivity contribution in [1.82, 2.24) is 4.98 Å². The average Bonchev–Trinajstić information content (AvgIpc) is 2.52. The molecule has 0 saturated carbocycles. The fraction of sp³-hybridized carbons (Fsp3) is 0. The Balaban J connectivity index is 2.10. The van der Waals surface area contributed by atoms with Gasteiger partial charge in [-0.15, -0.1) is 0 Å². The maximum atomic E-state index is 12.1. The number of rotatable bonds is 4. The molecule has 5 nitrogen and oxygen atoms in total. The third-order valence-electron chi connectivity index (χ3n) is 2.64. The van der Waals surface area contributed by atoms with Gasteiger partial charge in [0.25, 0.3) is 5.91 Å². The van der Waals surface area contributed by atoms with Crippen molar-refractivity contribution in [1.29, 1.82) is 5.26 Å². The van der Waals surface area contributed by atoms with Gasteiger partial charge in [-0.2, -0.15) is 5.26 Å². The Morgan fingerprint density at radius 2 is 2.09 bits per heavy atom. The van der Waals surface area contributed by atoms with Crippen LogP contribution in [0.15, 0.2) is 52.8 Å². The number of carbonyl (C=O) groups excluding carboxylic acids is 1. The van der Waals surface area contributed by atoms with Gasteiger partial charge in [-0.25, -0.2) is 4.98 Å². The number of halogens is 3. The molecule has 0 fully saturated rings. The molecule has 0 bridgehead atoms. The van der Waals surface area contributed by atoms with Gasteiger partial charge < -0.3 is 10.6 Å². The number of aromatic nitrogens is 1. The molecule has 2 rings (SSSR count). The number of nitrogens with zero attached hydrogens (tertiary/aromatic N) is 2. The molecule has 23 heavy (non-hydrogen) atoms. The molecule has 1 aromatic carbocycles. The Bertz CT molecular complexity index is 800. The van der Waals surface area contributed by atoms with Crippen LogP contribution in [-0.2, 0) is 4.79 Å². The van der Waals surface area contributed by atoms with Gasteiger partial charge in [0.2, 0.25) is 0 Å². The Morgan fingerprint density at radius 1 is 1.30 bits per heavy atom. The van der Waals surface area contributed by atoms with Crippen LogP contribution in [-0.4, -0.2) is 10.9 Å². The zero-order chi connectivity index (χ0) is 16.8.